The number of thiazole rings is 1. The van der Waals surface area contributed by atoms with Crippen LogP contribution in [0.25, 0.3) is 0 Å². The van der Waals surface area contributed by atoms with E-state index in [0.29, 0.717) is 29.3 Å². The highest BCUT2D eigenvalue weighted by atomic mass is 32.1. The van der Waals surface area contributed by atoms with Crippen LogP contribution in [0.15, 0.2) is 12.4 Å². The van der Waals surface area contributed by atoms with Crippen LogP contribution in [-0.2, 0) is 17.8 Å². The number of aromatic nitrogens is 3. The summed E-state index contributed by atoms with van der Waals surface area (Å²) in [6.07, 6.45) is 10.3. The van der Waals surface area contributed by atoms with Gasteiger partial charge in [0, 0.05) is 31.3 Å². The summed E-state index contributed by atoms with van der Waals surface area (Å²) in [7, 11) is 0. The van der Waals surface area contributed by atoms with E-state index < -0.39 is 12.5 Å². The van der Waals surface area contributed by atoms with Crippen molar-refractivity contribution in [2.24, 2.45) is 11.8 Å². The Labute approximate surface area is 209 Å². The number of halogens is 2. The normalized spacial score (nSPS) is 20.9. The highest BCUT2D eigenvalue weighted by molar-refractivity contribution is 7.13. The summed E-state index contributed by atoms with van der Waals surface area (Å²) in [6, 6.07) is 0. The van der Waals surface area contributed by atoms with Gasteiger partial charge in [0.1, 0.15) is 6.61 Å². The maximum absolute atomic E-state index is 13.0. The van der Waals surface area contributed by atoms with Gasteiger partial charge in [-0.3, -0.25) is 14.7 Å². The van der Waals surface area contributed by atoms with E-state index in [-0.39, 0.29) is 12.4 Å². The lowest BCUT2D eigenvalue weighted by atomic mass is 9.78. The van der Waals surface area contributed by atoms with Crippen molar-refractivity contribution in [2.75, 3.05) is 26.3 Å². The molecule has 1 fully saturated rings. The molecule has 4 rings (SSSR count). The van der Waals surface area contributed by atoms with Crippen LogP contribution in [0.3, 0.4) is 0 Å². The molecule has 0 spiro atoms. The maximum atomic E-state index is 13.0. The molecule has 2 aromatic heterocycles. The van der Waals surface area contributed by atoms with Gasteiger partial charge in [-0.1, -0.05) is 24.2 Å². The van der Waals surface area contributed by atoms with Crippen LogP contribution in [0.4, 0.5) is 8.78 Å². The first-order valence-corrected chi connectivity index (χ1v) is 13.2. The SMILES string of the molecule is Cc1cnc(OCC(=O)CC2CCC(CCN3CCc4sc(OCC(C)(F)F)nc4C3)CC2)cn1. The van der Waals surface area contributed by atoms with Gasteiger partial charge in [0.05, 0.1) is 23.8 Å². The molecular formula is C25H34F2N4O3S. The number of aryl methyl sites for hydroxylation is 1. The van der Waals surface area contributed by atoms with Crippen molar-refractivity contribution in [2.45, 2.75) is 71.3 Å². The van der Waals surface area contributed by atoms with Gasteiger partial charge in [-0.15, -0.1) is 0 Å². The molecule has 0 aromatic carbocycles. The van der Waals surface area contributed by atoms with Crippen molar-refractivity contribution >= 4 is 17.1 Å². The minimum atomic E-state index is -2.85. The lowest BCUT2D eigenvalue weighted by Gasteiger charge is -2.31. The molecule has 0 unspecified atom stereocenters. The highest BCUT2D eigenvalue weighted by Crippen LogP contribution is 2.34. The number of fused-ring (bicyclic) bond motifs is 1. The quantitative estimate of drug-likeness (QED) is 0.429. The Balaban J connectivity index is 1.12. The molecule has 2 aliphatic rings. The molecule has 0 radical (unpaired) electrons. The van der Waals surface area contributed by atoms with Gasteiger partial charge in [0.2, 0.25) is 5.88 Å². The molecule has 35 heavy (non-hydrogen) atoms. The molecule has 0 saturated heterocycles. The van der Waals surface area contributed by atoms with Crippen LogP contribution in [0.2, 0.25) is 0 Å². The first kappa shape index (κ1) is 25.9. The molecule has 2 aromatic rings. The number of hydrogen-bond donors (Lipinski definition) is 0. The van der Waals surface area contributed by atoms with E-state index in [2.05, 4.69) is 19.9 Å². The number of ether oxygens (including phenoxy) is 2. The fourth-order valence-corrected chi connectivity index (χ4v) is 5.66. The number of nitrogens with zero attached hydrogens (tertiary/aromatic N) is 4. The van der Waals surface area contributed by atoms with Gasteiger partial charge in [-0.25, -0.2) is 18.7 Å². The van der Waals surface area contributed by atoms with E-state index in [9.17, 15) is 13.6 Å². The molecule has 1 aliphatic heterocycles. The number of hydrogen-bond acceptors (Lipinski definition) is 8. The fraction of sp³-hybridized carbons (Fsp3) is 0.680. The summed E-state index contributed by atoms with van der Waals surface area (Å²) in [5.74, 6) is -1.22. The molecule has 7 nitrogen and oxygen atoms in total. The zero-order valence-electron chi connectivity index (χ0n) is 20.5. The van der Waals surface area contributed by atoms with Crippen LogP contribution in [0, 0.1) is 18.8 Å². The Hall–Kier alpha value is -2.20. The molecule has 1 aliphatic carbocycles. The third-order valence-electron chi connectivity index (χ3n) is 6.71. The number of Topliss-reactive ketones (excluding diaryl/α,β-unsaturated/α-hetero) is 1. The summed E-state index contributed by atoms with van der Waals surface area (Å²) >= 11 is 1.40. The predicted octanol–water partition coefficient (Wildman–Crippen LogP) is 4.87. The van der Waals surface area contributed by atoms with Gasteiger partial charge < -0.3 is 9.47 Å². The second-order valence-corrected chi connectivity index (χ2v) is 11.0. The van der Waals surface area contributed by atoms with Gasteiger partial charge in [0.25, 0.3) is 11.1 Å². The standard InChI is InChI=1S/C25H34F2N4O3S/c1-17-12-29-23(13-28-17)33-15-20(32)11-19-5-3-18(4-6-19)7-9-31-10-8-22-21(14-31)30-24(35-22)34-16-25(2,26)27/h12-13,18-19H,3-11,14-16H2,1-2H3. The van der Waals surface area contributed by atoms with Gasteiger partial charge in [0.15, 0.2) is 12.4 Å². The Morgan fingerprint density at radius 3 is 2.66 bits per heavy atom. The maximum Gasteiger partial charge on any atom is 0.278 e. The van der Waals surface area contributed by atoms with Crippen molar-refractivity contribution in [1.29, 1.82) is 0 Å². The Bertz CT molecular complexity index is 972. The summed E-state index contributed by atoms with van der Waals surface area (Å²) < 4.78 is 36.8. The van der Waals surface area contributed by atoms with E-state index in [1.807, 2.05) is 6.92 Å². The molecule has 0 amide bonds. The summed E-state index contributed by atoms with van der Waals surface area (Å²) in [4.78, 5) is 28.6. The van der Waals surface area contributed by atoms with Crippen molar-refractivity contribution < 1.29 is 23.0 Å². The summed E-state index contributed by atoms with van der Waals surface area (Å²) in [6.45, 7) is 4.86. The first-order valence-electron chi connectivity index (χ1n) is 12.4. The van der Waals surface area contributed by atoms with Crippen LogP contribution in [0.1, 0.15) is 61.7 Å². The second kappa shape index (κ2) is 11.7. The number of carbonyl (C=O) groups excluding carboxylic acids is 1. The third-order valence-corrected chi connectivity index (χ3v) is 7.78. The topological polar surface area (TPSA) is 77.4 Å². The molecule has 3 heterocycles. The lowest BCUT2D eigenvalue weighted by molar-refractivity contribution is -0.122. The third kappa shape index (κ3) is 8.17. The Morgan fingerprint density at radius 1 is 1.17 bits per heavy atom. The van der Waals surface area contributed by atoms with E-state index in [0.717, 1.165) is 81.3 Å². The molecule has 0 N–H and O–H groups in total. The zero-order valence-corrected chi connectivity index (χ0v) is 21.3. The molecular weight excluding hydrogens is 474 g/mol. The molecule has 0 atom stereocenters. The van der Waals surface area contributed by atoms with E-state index in [4.69, 9.17) is 9.47 Å². The largest absolute Gasteiger partial charge is 0.469 e. The Morgan fingerprint density at radius 2 is 1.94 bits per heavy atom. The average Bonchev–Trinajstić information content (AvgIpc) is 3.24. The number of carbonyl (C=O) groups is 1. The van der Waals surface area contributed by atoms with E-state index in [1.54, 1.807) is 12.4 Å². The molecule has 1 saturated carbocycles. The zero-order chi connectivity index (χ0) is 24.8. The smallest absolute Gasteiger partial charge is 0.278 e. The van der Waals surface area contributed by atoms with Crippen molar-refractivity contribution in [1.82, 2.24) is 19.9 Å². The lowest BCUT2D eigenvalue weighted by Crippen LogP contribution is -2.32. The molecule has 0 bridgehead atoms. The van der Waals surface area contributed by atoms with E-state index in [1.165, 1.54) is 11.3 Å². The first-order chi connectivity index (χ1) is 16.7. The van der Waals surface area contributed by atoms with Gasteiger partial charge >= 0.3 is 0 Å². The molecule has 10 heteroatoms. The van der Waals surface area contributed by atoms with Crippen LogP contribution in [-0.4, -0.2) is 57.9 Å². The van der Waals surface area contributed by atoms with Crippen LogP contribution in [0.5, 0.6) is 11.1 Å². The minimum Gasteiger partial charge on any atom is -0.469 e. The Kier molecular flexibility index (Phi) is 8.64. The predicted molar refractivity (Wildman–Crippen MR) is 129 cm³/mol. The summed E-state index contributed by atoms with van der Waals surface area (Å²) in [5, 5.41) is 0.350. The second-order valence-electron chi connectivity index (χ2n) is 9.94. The average molecular weight is 509 g/mol. The molecule has 192 valence electrons. The highest BCUT2D eigenvalue weighted by Gasteiger charge is 2.27. The van der Waals surface area contributed by atoms with Crippen molar-refractivity contribution in [3.8, 4) is 11.1 Å². The monoisotopic (exact) mass is 508 g/mol. The summed E-state index contributed by atoms with van der Waals surface area (Å²) in [5.41, 5.74) is 1.78. The number of rotatable bonds is 11. The minimum absolute atomic E-state index is 0.0544. The fourth-order valence-electron chi connectivity index (χ4n) is 4.75. The van der Waals surface area contributed by atoms with Crippen LogP contribution < -0.4 is 9.47 Å². The number of ketones is 1. The van der Waals surface area contributed by atoms with Gasteiger partial charge in [-0.05, 0) is 51.0 Å². The number of alkyl halides is 2. The van der Waals surface area contributed by atoms with E-state index >= 15 is 0 Å². The van der Waals surface area contributed by atoms with Gasteiger partial charge in [-0.2, -0.15) is 0 Å². The van der Waals surface area contributed by atoms with Crippen molar-refractivity contribution in [3.05, 3.63) is 28.7 Å². The van der Waals surface area contributed by atoms with Crippen molar-refractivity contribution in [3.63, 3.8) is 0 Å². The van der Waals surface area contributed by atoms with Crippen LogP contribution >= 0.6 is 11.3 Å².